The lowest BCUT2D eigenvalue weighted by molar-refractivity contribution is -0.00781. The highest BCUT2D eigenvalue weighted by atomic mass is 35.5. The highest BCUT2D eigenvalue weighted by molar-refractivity contribution is 6.32. The zero-order valence-electron chi connectivity index (χ0n) is 12.4. The summed E-state index contributed by atoms with van der Waals surface area (Å²) in [6.45, 7) is 7.12. The van der Waals surface area contributed by atoms with Crippen LogP contribution in [0.25, 0.3) is 0 Å². The predicted molar refractivity (Wildman–Crippen MR) is 78.2 cm³/mol. The fraction of sp³-hybridized carbons (Fsp3) is 0.533. The zero-order valence-corrected chi connectivity index (χ0v) is 13.1. The van der Waals surface area contributed by atoms with E-state index in [-0.39, 0.29) is 17.0 Å². The quantitative estimate of drug-likeness (QED) is 0.853. The van der Waals surface area contributed by atoms with Crippen LogP contribution in [0.5, 0.6) is 5.75 Å². The Kier molecular flexibility index (Phi) is 4.61. The lowest BCUT2D eigenvalue weighted by Gasteiger charge is -2.39. The standard InChI is InChI=1S/C15H19ClFNO3/c1-15(2,3)21-14(19)18-7-10(8-18)9-20-13-5-4-11(17)6-12(13)16/h4-6,10H,7-9H2,1-3H3. The molecule has 1 saturated heterocycles. The summed E-state index contributed by atoms with van der Waals surface area (Å²) in [5.74, 6) is 0.291. The van der Waals surface area contributed by atoms with Crippen molar-refractivity contribution in [3.63, 3.8) is 0 Å². The topological polar surface area (TPSA) is 38.8 Å². The van der Waals surface area contributed by atoms with Gasteiger partial charge in [-0.3, -0.25) is 0 Å². The van der Waals surface area contributed by atoms with E-state index in [1.54, 1.807) is 4.90 Å². The van der Waals surface area contributed by atoms with Crippen LogP contribution in [-0.2, 0) is 4.74 Å². The van der Waals surface area contributed by atoms with Gasteiger partial charge in [0, 0.05) is 19.0 Å². The van der Waals surface area contributed by atoms with E-state index in [9.17, 15) is 9.18 Å². The Balaban J connectivity index is 1.75. The molecule has 0 radical (unpaired) electrons. The summed E-state index contributed by atoms with van der Waals surface area (Å²) in [5, 5.41) is 0.248. The van der Waals surface area contributed by atoms with E-state index >= 15 is 0 Å². The van der Waals surface area contributed by atoms with Gasteiger partial charge in [0.05, 0.1) is 11.6 Å². The van der Waals surface area contributed by atoms with Crippen molar-refractivity contribution >= 4 is 17.7 Å². The normalized spacial score (nSPS) is 15.6. The third-order valence-corrected chi connectivity index (χ3v) is 3.27. The first-order valence-electron chi connectivity index (χ1n) is 6.80. The van der Waals surface area contributed by atoms with Gasteiger partial charge < -0.3 is 14.4 Å². The molecule has 0 aliphatic carbocycles. The van der Waals surface area contributed by atoms with E-state index < -0.39 is 11.4 Å². The number of hydrogen-bond acceptors (Lipinski definition) is 3. The van der Waals surface area contributed by atoms with Gasteiger partial charge in [-0.2, -0.15) is 0 Å². The average Bonchev–Trinajstić information content (AvgIpc) is 2.27. The molecule has 0 aromatic heterocycles. The Morgan fingerprint density at radius 1 is 1.43 bits per heavy atom. The molecule has 0 saturated carbocycles. The molecule has 1 fully saturated rings. The summed E-state index contributed by atoms with van der Waals surface area (Å²) in [5.41, 5.74) is -0.486. The molecule has 1 aromatic rings. The minimum Gasteiger partial charge on any atom is -0.492 e. The number of amides is 1. The van der Waals surface area contributed by atoms with Gasteiger partial charge >= 0.3 is 6.09 Å². The number of ether oxygens (including phenoxy) is 2. The van der Waals surface area contributed by atoms with Crippen molar-refractivity contribution in [1.29, 1.82) is 0 Å². The third-order valence-electron chi connectivity index (χ3n) is 2.98. The third kappa shape index (κ3) is 4.49. The molecule has 2 rings (SSSR count). The van der Waals surface area contributed by atoms with E-state index in [1.807, 2.05) is 20.8 Å². The molecule has 0 atom stereocenters. The fourth-order valence-corrected chi connectivity index (χ4v) is 2.17. The van der Waals surface area contributed by atoms with Crippen LogP contribution in [0.1, 0.15) is 20.8 Å². The minimum absolute atomic E-state index is 0.235. The number of likely N-dealkylation sites (tertiary alicyclic amines) is 1. The molecule has 1 aromatic carbocycles. The van der Waals surface area contributed by atoms with Crippen molar-refractivity contribution in [2.75, 3.05) is 19.7 Å². The first-order chi connectivity index (χ1) is 9.74. The maximum Gasteiger partial charge on any atom is 0.410 e. The maximum atomic E-state index is 12.9. The lowest BCUT2D eigenvalue weighted by Crippen LogP contribution is -2.53. The molecule has 21 heavy (non-hydrogen) atoms. The largest absolute Gasteiger partial charge is 0.492 e. The Morgan fingerprint density at radius 2 is 2.10 bits per heavy atom. The first-order valence-corrected chi connectivity index (χ1v) is 7.18. The molecule has 1 heterocycles. The highest BCUT2D eigenvalue weighted by Crippen LogP contribution is 2.27. The Labute approximate surface area is 128 Å². The predicted octanol–water partition coefficient (Wildman–Crippen LogP) is 3.72. The number of carbonyl (C=O) groups is 1. The summed E-state index contributed by atoms with van der Waals surface area (Å²) in [7, 11) is 0. The van der Waals surface area contributed by atoms with Crippen molar-refractivity contribution < 1.29 is 18.7 Å². The lowest BCUT2D eigenvalue weighted by atomic mass is 10.0. The van der Waals surface area contributed by atoms with Crippen LogP contribution in [0.15, 0.2) is 18.2 Å². The van der Waals surface area contributed by atoms with Crippen LogP contribution < -0.4 is 4.74 Å². The summed E-state index contributed by atoms with van der Waals surface area (Å²) in [6.07, 6.45) is -0.307. The minimum atomic E-state index is -0.486. The molecule has 0 unspecified atom stereocenters. The molecular weight excluding hydrogens is 297 g/mol. The van der Waals surface area contributed by atoms with Crippen molar-refractivity contribution in [2.45, 2.75) is 26.4 Å². The Morgan fingerprint density at radius 3 is 2.67 bits per heavy atom. The van der Waals surface area contributed by atoms with E-state index in [0.717, 1.165) is 0 Å². The molecule has 1 aliphatic rings. The van der Waals surface area contributed by atoms with E-state index in [1.165, 1.54) is 18.2 Å². The van der Waals surface area contributed by atoms with Crippen LogP contribution in [0.4, 0.5) is 9.18 Å². The first kappa shape index (κ1) is 15.9. The number of rotatable bonds is 3. The summed E-state index contributed by atoms with van der Waals surface area (Å²) in [6, 6.07) is 4.02. The molecular formula is C15H19ClFNO3. The molecule has 0 bridgehead atoms. The average molecular weight is 316 g/mol. The molecule has 4 nitrogen and oxygen atoms in total. The summed E-state index contributed by atoms with van der Waals surface area (Å²) < 4.78 is 23.7. The van der Waals surface area contributed by atoms with Crippen LogP contribution in [-0.4, -0.2) is 36.3 Å². The fourth-order valence-electron chi connectivity index (χ4n) is 1.95. The van der Waals surface area contributed by atoms with Crippen molar-refractivity contribution in [2.24, 2.45) is 5.92 Å². The number of nitrogens with zero attached hydrogens (tertiary/aromatic N) is 1. The van der Waals surface area contributed by atoms with Gasteiger partial charge in [0.1, 0.15) is 17.2 Å². The second kappa shape index (κ2) is 6.10. The Hall–Kier alpha value is -1.49. The Bertz CT molecular complexity index is 524. The van der Waals surface area contributed by atoms with Crippen molar-refractivity contribution in [3.8, 4) is 5.75 Å². The van der Waals surface area contributed by atoms with Crippen LogP contribution in [0.3, 0.4) is 0 Å². The molecule has 1 aliphatic heterocycles. The van der Waals surface area contributed by atoms with Gasteiger partial charge in [0.15, 0.2) is 0 Å². The number of halogens is 2. The number of carbonyl (C=O) groups excluding carboxylic acids is 1. The second-order valence-electron chi connectivity index (χ2n) is 6.14. The SMILES string of the molecule is CC(C)(C)OC(=O)N1CC(COc2ccc(F)cc2Cl)C1. The van der Waals surface area contributed by atoms with Gasteiger partial charge in [-0.1, -0.05) is 11.6 Å². The highest BCUT2D eigenvalue weighted by Gasteiger charge is 2.34. The van der Waals surface area contributed by atoms with E-state index in [2.05, 4.69) is 0 Å². The summed E-state index contributed by atoms with van der Waals surface area (Å²) >= 11 is 5.88. The molecule has 6 heteroatoms. The molecule has 0 spiro atoms. The van der Waals surface area contributed by atoms with Crippen LogP contribution in [0.2, 0.25) is 5.02 Å². The van der Waals surface area contributed by atoms with Gasteiger partial charge in [-0.25, -0.2) is 9.18 Å². The van der Waals surface area contributed by atoms with Gasteiger partial charge in [-0.15, -0.1) is 0 Å². The smallest absolute Gasteiger partial charge is 0.410 e. The van der Waals surface area contributed by atoms with Gasteiger partial charge in [-0.05, 0) is 39.0 Å². The van der Waals surface area contributed by atoms with Gasteiger partial charge in [0.2, 0.25) is 0 Å². The molecule has 1 amide bonds. The van der Waals surface area contributed by atoms with E-state index in [4.69, 9.17) is 21.1 Å². The summed E-state index contributed by atoms with van der Waals surface area (Å²) in [4.78, 5) is 13.4. The second-order valence-corrected chi connectivity index (χ2v) is 6.54. The number of benzene rings is 1. The maximum absolute atomic E-state index is 12.9. The molecule has 116 valence electrons. The molecule has 0 N–H and O–H groups in total. The van der Waals surface area contributed by atoms with Crippen molar-refractivity contribution in [3.05, 3.63) is 29.0 Å². The van der Waals surface area contributed by atoms with E-state index in [0.29, 0.717) is 25.4 Å². The zero-order chi connectivity index (χ0) is 15.6. The van der Waals surface area contributed by atoms with Crippen LogP contribution in [0, 0.1) is 11.7 Å². The monoisotopic (exact) mass is 315 g/mol. The van der Waals surface area contributed by atoms with Crippen LogP contribution >= 0.6 is 11.6 Å². The number of hydrogen-bond donors (Lipinski definition) is 0. The van der Waals surface area contributed by atoms with Crippen molar-refractivity contribution in [1.82, 2.24) is 4.90 Å². The van der Waals surface area contributed by atoms with Gasteiger partial charge in [0.25, 0.3) is 0 Å².